The van der Waals surface area contributed by atoms with Crippen molar-refractivity contribution in [2.45, 2.75) is 18.1 Å². The molecule has 26 heavy (non-hydrogen) atoms. The van der Waals surface area contributed by atoms with Crippen molar-refractivity contribution in [1.82, 2.24) is 30.7 Å². The number of benzene rings is 1. The van der Waals surface area contributed by atoms with Crippen LogP contribution in [0.4, 0.5) is 9.18 Å². The minimum Gasteiger partial charge on any atom is -0.352 e. The van der Waals surface area contributed by atoms with Crippen LogP contribution >= 0.6 is 11.8 Å². The highest BCUT2D eigenvalue weighted by Crippen LogP contribution is 2.23. The second-order valence-corrected chi connectivity index (χ2v) is 6.78. The van der Waals surface area contributed by atoms with Crippen LogP contribution in [0.2, 0.25) is 0 Å². The number of H-pyrrole nitrogens is 1. The Balaban J connectivity index is 1.58. The normalized spacial score (nSPS) is 17.1. The number of aromatic amines is 1. The molecule has 8 nitrogen and oxygen atoms in total. The first kappa shape index (κ1) is 18.2. The van der Waals surface area contributed by atoms with E-state index in [9.17, 15) is 14.0 Å². The topological polar surface area (TPSA) is 103 Å². The van der Waals surface area contributed by atoms with Crippen LogP contribution in [-0.4, -0.2) is 57.4 Å². The van der Waals surface area contributed by atoms with E-state index in [1.54, 1.807) is 0 Å². The Bertz CT molecular complexity index is 781. The molecule has 3 N–H and O–H groups in total. The van der Waals surface area contributed by atoms with Gasteiger partial charge in [0.2, 0.25) is 11.1 Å². The first-order chi connectivity index (χ1) is 12.5. The highest BCUT2D eigenvalue weighted by molar-refractivity contribution is 7.99. The van der Waals surface area contributed by atoms with Crippen molar-refractivity contribution >= 4 is 23.7 Å². The minimum absolute atomic E-state index is 0.274. The predicted molar refractivity (Wildman–Crippen MR) is 94.1 cm³/mol. The van der Waals surface area contributed by atoms with E-state index in [0.717, 1.165) is 5.82 Å². The molecule has 3 amide bonds. The standard InChI is InChI=1S/C16H19FN6O2S/c1-10-20-15(22-21-10)26-9-7-19-16(25)23-8-6-18-14(24)13(23)11-2-4-12(17)5-3-11/h2-5,13H,6-9H2,1H3,(H,18,24)(H,19,25)(H,20,21,22). The van der Waals surface area contributed by atoms with Gasteiger partial charge in [0.25, 0.3) is 0 Å². The maximum Gasteiger partial charge on any atom is 0.318 e. The molecular formula is C16H19FN6O2S. The Hall–Kier alpha value is -2.62. The van der Waals surface area contributed by atoms with Crippen LogP contribution in [0.5, 0.6) is 0 Å². The van der Waals surface area contributed by atoms with Crippen LogP contribution in [0.1, 0.15) is 17.4 Å². The third kappa shape index (κ3) is 4.31. The van der Waals surface area contributed by atoms with Crippen molar-refractivity contribution in [3.05, 3.63) is 41.5 Å². The van der Waals surface area contributed by atoms with Gasteiger partial charge in [-0.15, -0.1) is 5.10 Å². The largest absolute Gasteiger partial charge is 0.352 e. The van der Waals surface area contributed by atoms with Crippen LogP contribution in [0, 0.1) is 12.7 Å². The average Bonchev–Trinajstić information content (AvgIpc) is 3.04. The Labute approximate surface area is 153 Å². The minimum atomic E-state index is -0.771. The summed E-state index contributed by atoms with van der Waals surface area (Å²) in [7, 11) is 0. The summed E-state index contributed by atoms with van der Waals surface area (Å²) in [5.74, 6) is 0.673. The summed E-state index contributed by atoms with van der Waals surface area (Å²) in [5.41, 5.74) is 0.573. The molecule has 1 fully saturated rings. The lowest BCUT2D eigenvalue weighted by atomic mass is 10.0. The summed E-state index contributed by atoms with van der Waals surface area (Å²) in [4.78, 5) is 30.4. The number of rotatable bonds is 5. The number of urea groups is 1. The molecule has 1 unspecified atom stereocenters. The van der Waals surface area contributed by atoms with Crippen molar-refractivity contribution < 1.29 is 14.0 Å². The first-order valence-corrected chi connectivity index (χ1v) is 9.12. The summed E-state index contributed by atoms with van der Waals surface area (Å²) in [6, 6.07) is 4.50. The molecule has 0 radical (unpaired) electrons. The average molecular weight is 378 g/mol. The summed E-state index contributed by atoms with van der Waals surface area (Å²) in [6.07, 6.45) is 0. The molecule has 0 aliphatic carbocycles. The van der Waals surface area contributed by atoms with Crippen LogP contribution < -0.4 is 10.6 Å². The van der Waals surface area contributed by atoms with E-state index >= 15 is 0 Å². The van der Waals surface area contributed by atoms with E-state index in [4.69, 9.17) is 0 Å². The van der Waals surface area contributed by atoms with Crippen molar-refractivity contribution in [1.29, 1.82) is 0 Å². The number of nitrogens with zero attached hydrogens (tertiary/aromatic N) is 3. The fourth-order valence-electron chi connectivity index (χ4n) is 2.65. The van der Waals surface area contributed by atoms with Gasteiger partial charge in [-0.25, -0.2) is 14.2 Å². The lowest BCUT2D eigenvalue weighted by Gasteiger charge is -2.35. The molecule has 2 heterocycles. The number of aromatic nitrogens is 3. The Morgan fingerprint density at radius 3 is 2.88 bits per heavy atom. The summed E-state index contributed by atoms with van der Waals surface area (Å²) < 4.78 is 13.1. The van der Waals surface area contributed by atoms with E-state index in [1.165, 1.54) is 40.9 Å². The van der Waals surface area contributed by atoms with Gasteiger partial charge in [-0.05, 0) is 24.6 Å². The second kappa shape index (κ2) is 8.17. The molecule has 1 aromatic carbocycles. The van der Waals surface area contributed by atoms with Gasteiger partial charge < -0.3 is 15.5 Å². The number of halogens is 1. The van der Waals surface area contributed by atoms with Gasteiger partial charge in [-0.1, -0.05) is 23.9 Å². The molecule has 0 spiro atoms. The lowest BCUT2D eigenvalue weighted by molar-refractivity contribution is -0.127. The Kier molecular flexibility index (Phi) is 5.71. The molecule has 3 rings (SSSR count). The zero-order chi connectivity index (χ0) is 18.5. The van der Waals surface area contributed by atoms with Crippen molar-refractivity contribution in [3.8, 4) is 0 Å². The third-order valence-electron chi connectivity index (χ3n) is 3.84. The number of nitrogens with one attached hydrogen (secondary N) is 3. The smallest absolute Gasteiger partial charge is 0.318 e. The van der Waals surface area contributed by atoms with Crippen LogP contribution in [-0.2, 0) is 4.79 Å². The maximum absolute atomic E-state index is 13.1. The molecule has 0 saturated carbocycles. The highest BCUT2D eigenvalue weighted by atomic mass is 32.2. The van der Waals surface area contributed by atoms with E-state index in [-0.39, 0.29) is 17.8 Å². The molecule has 1 saturated heterocycles. The van der Waals surface area contributed by atoms with E-state index in [1.807, 2.05) is 6.92 Å². The SMILES string of the molecule is Cc1nc(SCCNC(=O)N2CCNC(=O)C2c2ccc(F)cc2)n[nH]1. The zero-order valence-corrected chi connectivity index (χ0v) is 15.0. The van der Waals surface area contributed by atoms with Gasteiger partial charge >= 0.3 is 6.03 Å². The molecule has 0 bridgehead atoms. The Morgan fingerprint density at radius 2 is 2.19 bits per heavy atom. The van der Waals surface area contributed by atoms with Gasteiger partial charge in [-0.3, -0.25) is 9.89 Å². The van der Waals surface area contributed by atoms with Crippen molar-refractivity contribution in [2.75, 3.05) is 25.4 Å². The van der Waals surface area contributed by atoms with Crippen LogP contribution in [0.25, 0.3) is 0 Å². The zero-order valence-electron chi connectivity index (χ0n) is 14.2. The fourth-order valence-corrected chi connectivity index (χ4v) is 3.35. The van der Waals surface area contributed by atoms with Crippen molar-refractivity contribution in [2.24, 2.45) is 0 Å². The fraction of sp³-hybridized carbons (Fsp3) is 0.375. The molecule has 138 valence electrons. The maximum atomic E-state index is 13.1. The number of amides is 3. The number of thioether (sulfide) groups is 1. The number of piperazine rings is 1. The Morgan fingerprint density at radius 1 is 1.42 bits per heavy atom. The summed E-state index contributed by atoms with van der Waals surface area (Å²) >= 11 is 1.42. The molecule has 2 aromatic rings. The number of hydrogen-bond donors (Lipinski definition) is 3. The van der Waals surface area contributed by atoms with Crippen LogP contribution in [0.15, 0.2) is 29.4 Å². The highest BCUT2D eigenvalue weighted by Gasteiger charge is 2.34. The predicted octanol–water partition coefficient (Wildman–Crippen LogP) is 1.23. The van der Waals surface area contributed by atoms with Crippen LogP contribution in [0.3, 0.4) is 0 Å². The molecule has 1 atom stereocenters. The molecule has 1 aromatic heterocycles. The third-order valence-corrected chi connectivity index (χ3v) is 4.69. The summed E-state index contributed by atoms with van der Waals surface area (Å²) in [6.45, 7) is 2.99. The lowest BCUT2D eigenvalue weighted by Crippen LogP contribution is -2.55. The summed E-state index contributed by atoms with van der Waals surface area (Å²) in [5, 5.41) is 12.9. The molecule has 1 aliphatic rings. The number of carbonyl (C=O) groups excluding carboxylic acids is 2. The number of carbonyl (C=O) groups is 2. The van der Waals surface area contributed by atoms with Gasteiger partial charge in [0, 0.05) is 25.4 Å². The van der Waals surface area contributed by atoms with E-state index in [2.05, 4.69) is 25.8 Å². The van der Waals surface area contributed by atoms with Gasteiger partial charge in [-0.2, -0.15) is 0 Å². The number of aryl methyl sites for hydroxylation is 1. The van der Waals surface area contributed by atoms with Gasteiger partial charge in [0.15, 0.2) is 0 Å². The van der Waals surface area contributed by atoms with Gasteiger partial charge in [0.1, 0.15) is 17.7 Å². The first-order valence-electron chi connectivity index (χ1n) is 8.14. The quantitative estimate of drug-likeness (QED) is 0.536. The number of hydrogen-bond acceptors (Lipinski definition) is 5. The monoisotopic (exact) mass is 378 g/mol. The van der Waals surface area contributed by atoms with Gasteiger partial charge in [0.05, 0.1) is 0 Å². The second-order valence-electron chi connectivity index (χ2n) is 5.72. The van der Waals surface area contributed by atoms with Crippen molar-refractivity contribution in [3.63, 3.8) is 0 Å². The molecule has 10 heteroatoms. The van der Waals surface area contributed by atoms with E-state index < -0.39 is 6.04 Å². The molecular weight excluding hydrogens is 359 g/mol. The van der Waals surface area contributed by atoms with E-state index in [0.29, 0.717) is 36.1 Å². The molecule has 1 aliphatic heterocycles.